The maximum absolute atomic E-state index is 12.3. The van der Waals surface area contributed by atoms with Gasteiger partial charge < -0.3 is 20.6 Å². The van der Waals surface area contributed by atoms with E-state index in [1.165, 1.54) is 6.42 Å². The zero-order valence-electron chi connectivity index (χ0n) is 17.0. The zero-order valence-corrected chi connectivity index (χ0v) is 17.0. The molecule has 2 saturated carbocycles. The highest BCUT2D eigenvalue weighted by Crippen LogP contribution is 2.62. The van der Waals surface area contributed by atoms with Crippen molar-refractivity contribution in [3.63, 3.8) is 0 Å². The molecule has 156 valence electrons. The Kier molecular flexibility index (Phi) is 4.09. The van der Waals surface area contributed by atoms with E-state index in [4.69, 9.17) is 4.98 Å². The Morgan fingerprint density at radius 1 is 1.10 bits per heavy atom. The minimum Gasteiger partial charge on any atom is -0.508 e. The summed E-state index contributed by atoms with van der Waals surface area (Å²) in [5.41, 5.74) is 3.68. The Labute approximate surface area is 180 Å². The first kappa shape index (κ1) is 18.2. The first-order valence-electron chi connectivity index (χ1n) is 10.8. The summed E-state index contributed by atoms with van der Waals surface area (Å²) in [4.78, 5) is 23.5. The van der Waals surface area contributed by atoms with Crippen molar-refractivity contribution in [1.82, 2.24) is 15.3 Å². The molecule has 2 unspecified atom stereocenters. The van der Waals surface area contributed by atoms with Gasteiger partial charge in [-0.2, -0.15) is 4.98 Å². The Bertz CT molecular complexity index is 1150. The van der Waals surface area contributed by atoms with Gasteiger partial charge in [0.15, 0.2) is 0 Å². The number of aromatic hydroxyl groups is 1. The predicted molar refractivity (Wildman–Crippen MR) is 118 cm³/mol. The van der Waals surface area contributed by atoms with Crippen LogP contribution in [-0.2, 0) is 6.42 Å². The topological polar surface area (TPSA) is 90.4 Å². The second kappa shape index (κ2) is 6.97. The molecule has 0 saturated heterocycles. The molecule has 3 N–H and O–H groups in total. The number of rotatable bonds is 5. The van der Waals surface area contributed by atoms with Crippen molar-refractivity contribution in [2.45, 2.75) is 25.3 Å². The maximum atomic E-state index is 12.3. The molecule has 2 heterocycles. The number of amides is 1. The lowest BCUT2D eigenvalue weighted by molar-refractivity contribution is 0.0944. The third-order valence-corrected chi connectivity index (χ3v) is 6.47. The van der Waals surface area contributed by atoms with Crippen LogP contribution in [0.4, 0.5) is 23.1 Å². The van der Waals surface area contributed by atoms with Crippen LogP contribution in [0.1, 0.15) is 28.8 Å². The number of nitrogens with zero attached hydrogens (tertiary/aromatic N) is 3. The van der Waals surface area contributed by atoms with Crippen LogP contribution in [0.3, 0.4) is 0 Å². The number of nitrogens with one attached hydrogen (secondary N) is 2. The van der Waals surface area contributed by atoms with Crippen molar-refractivity contribution in [3.05, 3.63) is 65.9 Å². The molecule has 1 aromatic heterocycles. The highest BCUT2D eigenvalue weighted by Gasteiger charge is 2.64. The lowest BCUT2D eigenvalue weighted by Gasteiger charge is -2.30. The molecule has 0 bridgehead atoms. The number of benzene rings is 2. The monoisotopic (exact) mass is 413 g/mol. The Hall–Kier alpha value is -3.61. The number of aryl methyl sites for hydroxylation is 1. The summed E-state index contributed by atoms with van der Waals surface area (Å²) in [6.07, 6.45) is 4.95. The zero-order chi connectivity index (χ0) is 20.9. The Morgan fingerprint density at radius 3 is 2.71 bits per heavy atom. The molecule has 3 aliphatic rings. The summed E-state index contributed by atoms with van der Waals surface area (Å²) in [7, 11) is 0. The minimum atomic E-state index is -0.00296. The summed E-state index contributed by atoms with van der Waals surface area (Å²) in [6, 6.07) is 15.2. The minimum absolute atomic E-state index is 0.00296. The van der Waals surface area contributed by atoms with E-state index in [0.29, 0.717) is 17.6 Å². The molecule has 1 aliphatic heterocycles. The van der Waals surface area contributed by atoms with Crippen molar-refractivity contribution >= 4 is 29.0 Å². The molecule has 0 radical (unpaired) electrons. The van der Waals surface area contributed by atoms with E-state index in [0.717, 1.165) is 54.0 Å². The highest BCUT2D eigenvalue weighted by atomic mass is 16.3. The van der Waals surface area contributed by atoms with Crippen molar-refractivity contribution < 1.29 is 9.90 Å². The van der Waals surface area contributed by atoms with Gasteiger partial charge in [-0.15, -0.1) is 0 Å². The van der Waals surface area contributed by atoms with Crippen LogP contribution < -0.4 is 15.5 Å². The SMILES string of the molecule is O=C(NC1C2CC21)c1ccc(Nc2nccc(N3CCCc4cc(O)ccc43)n2)cc1. The van der Waals surface area contributed by atoms with Gasteiger partial charge in [0.05, 0.1) is 0 Å². The van der Waals surface area contributed by atoms with E-state index in [2.05, 4.69) is 20.5 Å². The van der Waals surface area contributed by atoms with Crippen molar-refractivity contribution in [2.24, 2.45) is 11.8 Å². The molecule has 6 rings (SSSR count). The van der Waals surface area contributed by atoms with E-state index < -0.39 is 0 Å². The van der Waals surface area contributed by atoms with E-state index in [1.54, 1.807) is 12.3 Å². The fourth-order valence-electron chi connectivity index (χ4n) is 4.44. The Balaban J connectivity index is 1.17. The Morgan fingerprint density at radius 2 is 1.94 bits per heavy atom. The number of fused-ring (bicyclic) bond motifs is 2. The highest BCUT2D eigenvalue weighted by molar-refractivity contribution is 5.95. The van der Waals surface area contributed by atoms with Crippen LogP contribution in [0.5, 0.6) is 5.75 Å². The fourth-order valence-corrected chi connectivity index (χ4v) is 4.44. The summed E-state index contributed by atoms with van der Waals surface area (Å²) in [5.74, 6) is 3.08. The molecule has 1 amide bonds. The average Bonchev–Trinajstić information content (AvgIpc) is 3.70. The van der Waals surface area contributed by atoms with Gasteiger partial charge in [-0.1, -0.05) is 0 Å². The van der Waals surface area contributed by atoms with E-state index >= 15 is 0 Å². The lowest BCUT2D eigenvalue weighted by atomic mass is 10.0. The van der Waals surface area contributed by atoms with Crippen molar-refractivity contribution in [3.8, 4) is 5.75 Å². The smallest absolute Gasteiger partial charge is 0.251 e. The molecule has 2 aromatic carbocycles. The van der Waals surface area contributed by atoms with Crippen molar-refractivity contribution in [2.75, 3.05) is 16.8 Å². The molecule has 0 spiro atoms. The maximum Gasteiger partial charge on any atom is 0.251 e. The van der Waals surface area contributed by atoms with Gasteiger partial charge >= 0.3 is 0 Å². The molecule has 3 aromatic rings. The third-order valence-electron chi connectivity index (χ3n) is 6.47. The number of hydrogen-bond acceptors (Lipinski definition) is 6. The number of aromatic nitrogens is 2. The molecule has 2 aliphatic carbocycles. The van der Waals surface area contributed by atoms with Crippen LogP contribution in [0.15, 0.2) is 54.7 Å². The van der Waals surface area contributed by atoms with Gasteiger partial charge in [0.2, 0.25) is 5.95 Å². The van der Waals surface area contributed by atoms with Gasteiger partial charge in [0, 0.05) is 35.7 Å². The van der Waals surface area contributed by atoms with Gasteiger partial charge in [-0.3, -0.25) is 4.79 Å². The summed E-state index contributed by atoms with van der Waals surface area (Å²) in [6.45, 7) is 0.862. The molecule has 7 nitrogen and oxygen atoms in total. The number of carbonyl (C=O) groups is 1. The normalized spacial score (nSPS) is 22.8. The van der Waals surface area contributed by atoms with Gasteiger partial charge in [-0.05, 0) is 85.2 Å². The summed E-state index contributed by atoms with van der Waals surface area (Å²) >= 11 is 0. The van der Waals surface area contributed by atoms with E-state index in [9.17, 15) is 9.90 Å². The first-order valence-corrected chi connectivity index (χ1v) is 10.8. The molecular weight excluding hydrogens is 390 g/mol. The standard InChI is InChI=1S/C24H23N5O2/c30-17-7-8-20-15(12-17)2-1-11-29(20)21-9-10-25-24(27-21)26-16-5-3-14(4-6-16)23(31)28-22-18-13-19(18)22/h3-10,12,18-19,22,30H,1-2,11,13H2,(H,28,31)(H,25,26,27). The molecule has 7 heteroatoms. The second-order valence-electron chi connectivity index (χ2n) is 8.57. The number of anilines is 4. The molecular formula is C24H23N5O2. The van der Waals surface area contributed by atoms with Crippen molar-refractivity contribution in [1.29, 1.82) is 0 Å². The molecule has 31 heavy (non-hydrogen) atoms. The van der Waals surface area contributed by atoms with E-state index in [1.807, 2.05) is 42.5 Å². The summed E-state index contributed by atoms with van der Waals surface area (Å²) < 4.78 is 0. The van der Waals surface area contributed by atoms with Gasteiger partial charge in [-0.25, -0.2) is 4.98 Å². The van der Waals surface area contributed by atoms with Crippen LogP contribution >= 0.6 is 0 Å². The van der Waals surface area contributed by atoms with Crippen LogP contribution in [0.2, 0.25) is 0 Å². The average molecular weight is 413 g/mol. The second-order valence-corrected chi connectivity index (χ2v) is 8.57. The van der Waals surface area contributed by atoms with E-state index in [-0.39, 0.29) is 11.7 Å². The van der Waals surface area contributed by atoms with Crippen LogP contribution in [0.25, 0.3) is 0 Å². The first-order chi connectivity index (χ1) is 15.2. The van der Waals surface area contributed by atoms with Gasteiger partial charge in [0.25, 0.3) is 5.91 Å². The third kappa shape index (κ3) is 3.46. The molecule has 2 fully saturated rings. The largest absolute Gasteiger partial charge is 0.508 e. The fraction of sp³-hybridized carbons (Fsp3) is 0.292. The number of phenolic OH excluding ortho intramolecular Hbond substituents is 1. The number of phenols is 1. The number of hydrogen-bond donors (Lipinski definition) is 3. The number of carbonyl (C=O) groups excluding carboxylic acids is 1. The summed E-state index contributed by atoms with van der Waals surface area (Å²) in [5, 5.41) is 16.1. The van der Waals surface area contributed by atoms with Crippen LogP contribution in [0, 0.1) is 11.8 Å². The predicted octanol–water partition coefficient (Wildman–Crippen LogP) is 3.76. The quantitative estimate of drug-likeness (QED) is 0.590. The van der Waals surface area contributed by atoms with Crippen LogP contribution in [-0.4, -0.2) is 33.6 Å². The van der Waals surface area contributed by atoms with Gasteiger partial charge in [0.1, 0.15) is 11.6 Å². The lowest BCUT2D eigenvalue weighted by Crippen LogP contribution is -2.29. The molecule has 2 atom stereocenters.